The van der Waals surface area contributed by atoms with Crippen molar-refractivity contribution in [2.24, 2.45) is 0 Å². The molecular weight excluding hydrogens is 468 g/mol. The van der Waals surface area contributed by atoms with Crippen molar-refractivity contribution < 1.29 is 22.0 Å². The van der Waals surface area contributed by atoms with E-state index in [4.69, 9.17) is 11.6 Å². The lowest BCUT2D eigenvalue weighted by molar-refractivity contribution is 0.0977. The second kappa shape index (κ2) is 7.37. The van der Waals surface area contributed by atoms with Crippen LogP contribution in [0, 0.1) is 11.6 Å². The van der Waals surface area contributed by atoms with Crippen molar-refractivity contribution in [2.75, 3.05) is 0 Å². The van der Waals surface area contributed by atoms with Gasteiger partial charge in [-0.25, -0.2) is 26.9 Å². The Morgan fingerprint density at radius 1 is 1.19 bits per heavy atom. The molecule has 6 nitrogen and oxygen atoms in total. The fourth-order valence-electron chi connectivity index (χ4n) is 2.16. The summed E-state index contributed by atoms with van der Waals surface area (Å²) in [6.07, 6.45) is 2.26. The van der Waals surface area contributed by atoms with Gasteiger partial charge in [0.1, 0.15) is 28.6 Å². The number of carbonyl (C=O) groups is 1. The van der Waals surface area contributed by atoms with Gasteiger partial charge in [0.15, 0.2) is 0 Å². The third kappa shape index (κ3) is 4.02. The molecule has 140 valence electrons. The monoisotopic (exact) mass is 475 g/mol. The maximum absolute atomic E-state index is 13.6. The quantitative estimate of drug-likeness (QED) is 0.583. The number of benzene rings is 2. The molecule has 0 radical (unpaired) electrons. The molecule has 0 aliphatic heterocycles. The Morgan fingerprint density at radius 2 is 1.81 bits per heavy atom. The van der Waals surface area contributed by atoms with E-state index in [1.807, 2.05) is 4.72 Å². The Labute approximate surface area is 166 Å². The van der Waals surface area contributed by atoms with Crippen LogP contribution in [0.5, 0.6) is 0 Å². The summed E-state index contributed by atoms with van der Waals surface area (Å²) in [5.41, 5.74) is -0.205. The van der Waals surface area contributed by atoms with E-state index >= 15 is 0 Å². The van der Waals surface area contributed by atoms with Crippen LogP contribution in [0.3, 0.4) is 0 Å². The number of sulfonamides is 1. The number of carbonyl (C=O) groups excluding carboxylic acids is 1. The van der Waals surface area contributed by atoms with Gasteiger partial charge in [-0.2, -0.15) is 0 Å². The average Bonchev–Trinajstić information content (AvgIpc) is 3.09. The predicted octanol–water partition coefficient (Wildman–Crippen LogP) is 3.69. The number of nitrogens with zero attached hydrogens (tertiary/aromatic N) is 2. The second-order valence-electron chi connectivity index (χ2n) is 5.25. The Kier molecular flexibility index (Phi) is 5.31. The number of hydrogen-bond acceptors (Lipinski definition) is 4. The summed E-state index contributed by atoms with van der Waals surface area (Å²) in [6, 6.07) is 7.65. The number of rotatable bonds is 4. The van der Waals surface area contributed by atoms with E-state index < -0.39 is 27.6 Å². The lowest BCUT2D eigenvalue weighted by Crippen LogP contribution is -2.31. The number of aromatic nitrogens is 2. The average molecular weight is 477 g/mol. The maximum Gasteiger partial charge on any atom is 0.285 e. The molecule has 3 aromatic rings. The third-order valence-electron chi connectivity index (χ3n) is 3.44. The molecule has 0 aliphatic rings. The van der Waals surface area contributed by atoms with Crippen LogP contribution in [0.15, 0.2) is 58.3 Å². The molecule has 0 bridgehead atoms. The van der Waals surface area contributed by atoms with Gasteiger partial charge in [0, 0.05) is 6.20 Å². The highest BCUT2D eigenvalue weighted by atomic mass is 79.9. The minimum Gasteiger partial charge on any atom is -0.305 e. The van der Waals surface area contributed by atoms with Crippen LogP contribution >= 0.6 is 27.5 Å². The largest absolute Gasteiger partial charge is 0.305 e. The van der Waals surface area contributed by atoms with Gasteiger partial charge in [-0.05, 0) is 40.2 Å². The topological polar surface area (TPSA) is 81.1 Å². The maximum atomic E-state index is 13.6. The third-order valence-corrected chi connectivity index (χ3v) is 6.02. The van der Waals surface area contributed by atoms with E-state index in [2.05, 4.69) is 20.9 Å². The summed E-state index contributed by atoms with van der Waals surface area (Å²) < 4.78 is 54.6. The zero-order valence-corrected chi connectivity index (χ0v) is 16.3. The van der Waals surface area contributed by atoms with Crippen LogP contribution < -0.4 is 4.72 Å². The summed E-state index contributed by atoms with van der Waals surface area (Å²) >= 11 is 8.60. The summed E-state index contributed by atoms with van der Waals surface area (Å²) in [6.45, 7) is 0. The molecule has 0 saturated heterocycles. The minimum atomic E-state index is -4.22. The molecule has 1 amide bonds. The molecule has 0 atom stereocenters. The zero-order chi connectivity index (χ0) is 19.8. The lowest BCUT2D eigenvalue weighted by Gasteiger charge is -2.07. The van der Waals surface area contributed by atoms with Gasteiger partial charge in [0.2, 0.25) is 0 Å². The van der Waals surface area contributed by atoms with Crippen LogP contribution in [0.2, 0.25) is 5.02 Å². The molecule has 0 fully saturated rings. The van der Waals surface area contributed by atoms with Gasteiger partial charge < -0.3 is 4.57 Å². The number of hydrogen-bond donors (Lipinski definition) is 1. The molecule has 2 aromatic carbocycles. The van der Waals surface area contributed by atoms with Gasteiger partial charge in [-0.3, -0.25) is 4.79 Å². The summed E-state index contributed by atoms with van der Waals surface area (Å²) in [4.78, 5) is 15.7. The molecule has 0 unspecified atom stereocenters. The highest BCUT2D eigenvalue weighted by Gasteiger charge is 2.22. The summed E-state index contributed by atoms with van der Waals surface area (Å²) in [7, 11) is -4.22. The normalized spacial score (nSPS) is 11.4. The zero-order valence-electron chi connectivity index (χ0n) is 13.2. The summed E-state index contributed by atoms with van der Waals surface area (Å²) in [5, 5.41) is -0.0517. The molecule has 1 heterocycles. The molecule has 0 aliphatic carbocycles. The molecule has 1 N–H and O–H groups in total. The van der Waals surface area contributed by atoms with E-state index in [0.29, 0.717) is 0 Å². The number of halogens is 4. The highest BCUT2D eigenvalue weighted by molar-refractivity contribution is 9.10. The fourth-order valence-corrected chi connectivity index (χ4v) is 3.87. The Bertz CT molecular complexity index is 1130. The van der Waals surface area contributed by atoms with Crippen LogP contribution in [0.1, 0.15) is 10.5 Å². The van der Waals surface area contributed by atoms with E-state index in [1.54, 1.807) is 6.07 Å². The van der Waals surface area contributed by atoms with Gasteiger partial charge in [0.05, 0.1) is 15.2 Å². The fraction of sp³-hybridized carbons (Fsp3) is 0. The predicted molar refractivity (Wildman–Crippen MR) is 97.3 cm³/mol. The molecular formula is C16H9BrClF2N3O3S. The molecule has 0 spiro atoms. The van der Waals surface area contributed by atoms with Crippen LogP contribution in [-0.2, 0) is 10.0 Å². The van der Waals surface area contributed by atoms with Gasteiger partial charge >= 0.3 is 0 Å². The highest BCUT2D eigenvalue weighted by Crippen LogP contribution is 2.23. The first-order valence-electron chi connectivity index (χ1n) is 7.19. The van der Waals surface area contributed by atoms with E-state index in [-0.39, 0.29) is 25.8 Å². The number of amides is 1. The van der Waals surface area contributed by atoms with Crippen LogP contribution in [-0.4, -0.2) is 23.9 Å². The molecule has 11 heteroatoms. The van der Waals surface area contributed by atoms with Crippen molar-refractivity contribution in [1.29, 1.82) is 0 Å². The Balaban J connectivity index is 1.87. The first-order chi connectivity index (χ1) is 12.7. The van der Waals surface area contributed by atoms with Crippen molar-refractivity contribution in [3.05, 3.63) is 75.7 Å². The van der Waals surface area contributed by atoms with Gasteiger partial charge in [0.25, 0.3) is 15.9 Å². The minimum absolute atomic E-state index is 0.0517. The van der Waals surface area contributed by atoms with Crippen molar-refractivity contribution in [3.8, 4) is 5.69 Å². The van der Waals surface area contributed by atoms with E-state index in [9.17, 15) is 22.0 Å². The standard InChI is InChI=1S/C16H9BrClF2N3O3S/c17-15-11(19)5-9(6-12(15)20)23-7-13(21-8-23)16(24)22-27(25,26)14-4-2-1-3-10(14)18/h1-8H,(H,22,24). The first-order valence-corrected chi connectivity index (χ1v) is 9.85. The van der Waals surface area contributed by atoms with Crippen molar-refractivity contribution in [3.63, 3.8) is 0 Å². The number of nitrogens with one attached hydrogen (secondary N) is 1. The van der Waals surface area contributed by atoms with E-state index in [0.717, 1.165) is 24.7 Å². The summed E-state index contributed by atoms with van der Waals surface area (Å²) in [5.74, 6) is -2.70. The molecule has 0 saturated carbocycles. The van der Waals surface area contributed by atoms with E-state index in [1.165, 1.54) is 22.8 Å². The molecule has 3 rings (SSSR count). The Hall–Kier alpha value is -2.30. The lowest BCUT2D eigenvalue weighted by atomic mass is 10.3. The smallest absolute Gasteiger partial charge is 0.285 e. The van der Waals surface area contributed by atoms with Crippen molar-refractivity contribution >= 4 is 43.5 Å². The SMILES string of the molecule is O=C(NS(=O)(=O)c1ccccc1Cl)c1cn(-c2cc(F)c(Br)c(F)c2)cn1. The second-order valence-corrected chi connectivity index (χ2v) is 8.11. The van der Waals surface area contributed by atoms with Crippen molar-refractivity contribution in [2.45, 2.75) is 4.90 Å². The Morgan fingerprint density at radius 3 is 2.44 bits per heavy atom. The molecule has 27 heavy (non-hydrogen) atoms. The van der Waals surface area contributed by atoms with Gasteiger partial charge in [-0.15, -0.1) is 0 Å². The van der Waals surface area contributed by atoms with Crippen LogP contribution in [0.25, 0.3) is 5.69 Å². The van der Waals surface area contributed by atoms with Crippen molar-refractivity contribution in [1.82, 2.24) is 14.3 Å². The van der Waals surface area contributed by atoms with Crippen LogP contribution in [0.4, 0.5) is 8.78 Å². The first kappa shape index (κ1) is 19.5. The van der Waals surface area contributed by atoms with Gasteiger partial charge in [-0.1, -0.05) is 23.7 Å². The molecule has 1 aromatic heterocycles. The number of imidazole rings is 1.